The van der Waals surface area contributed by atoms with Gasteiger partial charge in [0.05, 0.1) is 12.2 Å². The maximum Gasteiger partial charge on any atom is 0.335 e. The molecular formula is C14H19NO3. The summed E-state index contributed by atoms with van der Waals surface area (Å²) in [4.78, 5) is 13.0. The number of carbonyl (C=O) groups is 1. The van der Waals surface area contributed by atoms with Crippen molar-refractivity contribution in [3.8, 4) is 5.75 Å². The zero-order valence-electron chi connectivity index (χ0n) is 10.6. The summed E-state index contributed by atoms with van der Waals surface area (Å²) < 4.78 is 5.57. The quantitative estimate of drug-likeness (QED) is 0.753. The fourth-order valence-electron chi connectivity index (χ4n) is 1.90. The molecule has 0 aromatic heterocycles. The minimum Gasteiger partial charge on any atom is -0.494 e. The molecule has 0 unspecified atom stereocenters. The van der Waals surface area contributed by atoms with Gasteiger partial charge in [0, 0.05) is 12.6 Å². The molecule has 1 aromatic rings. The first-order valence-electron chi connectivity index (χ1n) is 6.33. The van der Waals surface area contributed by atoms with Crippen LogP contribution in [0, 0.1) is 0 Å². The smallest absolute Gasteiger partial charge is 0.335 e. The van der Waals surface area contributed by atoms with Gasteiger partial charge >= 0.3 is 5.97 Å². The molecule has 98 valence electrons. The zero-order chi connectivity index (χ0) is 13.0. The fourth-order valence-corrected chi connectivity index (χ4v) is 1.90. The average molecular weight is 249 g/mol. The number of aromatic carboxylic acids is 1. The highest BCUT2D eigenvalue weighted by atomic mass is 16.5. The Kier molecular flexibility index (Phi) is 4.20. The lowest BCUT2D eigenvalue weighted by atomic mass is 10.2. The molecule has 0 heterocycles. The second-order valence-electron chi connectivity index (χ2n) is 4.74. The van der Waals surface area contributed by atoms with E-state index in [9.17, 15) is 4.79 Å². The average Bonchev–Trinajstić information content (AvgIpc) is 3.19. The van der Waals surface area contributed by atoms with E-state index < -0.39 is 5.97 Å². The van der Waals surface area contributed by atoms with E-state index in [4.69, 9.17) is 9.84 Å². The SMILES string of the molecule is CN(CCCOc1ccc(C(=O)O)cc1)C1CC1. The lowest BCUT2D eigenvalue weighted by Gasteiger charge is -2.15. The molecule has 1 N–H and O–H groups in total. The highest BCUT2D eigenvalue weighted by Crippen LogP contribution is 2.25. The van der Waals surface area contributed by atoms with Gasteiger partial charge < -0.3 is 14.7 Å². The summed E-state index contributed by atoms with van der Waals surface area (Å²) in [5.41, 5.74) is 0.288. The number of carboxylic acid groups (broad SMARTS) is 1. The third-order valence-electron chi connectivity index (χ3n) is 3.20. The van der Waals surface area contributed by atoms with E-state index in [0.29, 0.717) is 6.61 Å². The Balaban J connectivity index is 1.67. The molecule has 18 heavy (non-hydrogen) atoms. The van der Waals surface area contributed by atoms with E-state index in [1.807, 2.05) is 0 Å². The normalized spacial score (nSPS) is 14.8. The van der Waals surface area contributed by atoms with Gasteiger partial charge in [-0.3, -0.25) is 0 Å². The highest BCUT2D eigenvalue weighted by molar-refractivity contribution is 5.87. The summed E-state index contributed by atoms with van der Waals surface area (Å²) in [7, 11) is 2.15. The maximum absolute atomic E-state index is 10.7. The van der Waals surface area contributed by atoms with Crippen molar-refractivity contribution < 1.29 is 14.6 Å². The third kappa shape index (κ3) is 3.74. The second kappa shape index (κ2) is 5.87. The van der Waals surface area contributed by atoms with E-state index in [0.717, 1.165) is 24.8 Å². The van der Waals surface area contributed by atoms with Crippen molar-refractivity contribution in [1.29, 1.82) is 0 Å². The minimum absolute atomic E-state index is 0.288. The molecule has 0 saturated heterocycles. The van der Waals surface area contributed by atoms with E-state index >= 15 is 0 Å². The molecule has 1 saturated carbocycles. The van der Waals surface area contributed by atoms with Gasteiger partial charge in [-0.05, 0) is 50.6 Å². The molecule has 0 amide bonds. The van der Waals surface area contributed by atoms with Crippen molar-refractivity contribution in [3.63, 3.8) is 0 Å². The van der Waals surface area contributed by atoms with Crippen molar-refractivity contribution in [2.24, 2.45) is 0 Å². The molecule has 0 radical (unpaired) electrons. The van der Waals surface area contributed by atoms with Gasteiger partial charge in [-0.15, -0.1) is 0 Å². The molecule has 0 bridgehead atoms. The largest absolute Gasteiger partial charge is 0.494 e. The lowest BCUT2D eigenvalue weighted by molar-refractivity contribution is 0.0697. The van der Waals surface area contributed by atoms with Crippen LogP contribution >= 0.6 is 0 Å². The molecule has 0 aliphatic heterocycles. The monoisotopic (exact) mass is 249 g/mol. The Morgan fingerprint density at radius 1 is 1.39 bits per heavy atom. The summed E-state index contributed by atoms with van der Waals surface area (Å²) in [5, 5.41) is 8.76. The van der Waals surface area contributed by atoms with Crippen molar-refractivity contribution >= 4 is 5.97 Å². The van der Waals surface area contributed by atoms with Crippen LogP contribution in [0.25, 0.3) is 0 Å². The zero-order valence-corrected chi connectivity index (χ0v) is 10.6. The van der Waals surface area contributed by atoms with Gasteiger partial charge in [0.2, 0.25) is 0 Å². The number of benzene rings is 1. The molecule has 1 fully saturated rings. The second-order valence-corrected chi connectivity index (χ2v) is 4.74. The van der Waals surface area contributed by atoms with Crippen LogP contribution in [0.3, 0.4) is 0 Å². The first kappa shape index (κ1) is 12.9. The van der Waals surface area contributed by atoms with Crippen LogP contribution in [-0.2, 0) is 0 Å². The Morgan fingerprint density at radius 3 is 2.61 bits per heavy atom. The number of hydrogen-bond acceptors (Lipinski definition) is 3. The number of ether oxygens (including phenoxy) is 1. The predicted molar refractivity (Wildman–Crippen MR) is 69.2 cm³/mol. The Labute approximate surface area is 107 Å². The Bertz CT molecular complexity index is 398. The number of hydrogen-bond donors (Lipinski definition) is 1. The number of rotatable bonds is 7. The van der Waals surface area contributed by atoms with Gasteiger partial charge in [0.25, 0.3) is 0 Å². The lowest BCUT2D eigenvalue weighted by Crippen LogP contribution is -2.23. The molecule has 0 atom stereocenters. The topological polar surface area (TPSA) is 49.8 Å². The van der Waals surface area contributed by atoms with Crippen LogP contribution in [0.1, 0.15) is 29.6 Å². The van der Waals surface area contributed by atoms with Gasteiger partial charge in [-0.1, -0.05) is 0 Å². The van der Waals surface area contributed by atoms with Crippen LogP contribution in [-0.4, -0.2) is 42.2 Å². The summed E-state index contributed by atoms with van der Waals surface area (Å²) in [5.74, 6) is -0.179. The Hall–Kier alpha value is -1.55. The minimum atomic E-state index is -0.910. The maximum atomic E-state index is 10.7. The van der Waals surface area contributed by atoms with Gasteiger partial charge in [0.1, 0.15) is 5.75 Å². The van der Waals surface area contributed by atoms with E-state index in [-0.39, 0.29) is 5.56 Å². The van der Waals surface area contributed by atoms with Crippen molar-refractivity contribution in [1.82, 2.24) is 4.90 Å². The number of nitrogens with zero attached hydrogens (tertiary/aromatic N) is 1. The standard InChI is InChI=1S/C14H19NO3/c1-15(12-5-6-12)9-2-10-18-13-7-3-11(4-8-13)14(16)17/h3-4,7-8,12H,2,5-6,9-10H2,1H3,(H,16,17). The van der Waals surface area contributed by atoms with Gasteiger partial charge in [-0.2, -0.15) is 0 Å². The summed E-state index contributed by atoms with van der Waals surface area (Å²) >= 11 is 0. The van der Waals surface area contributed by atoms with Crippen molar-refractivity contribution in [2.75, 3.05) is 20.2 Å². The Morgan fingerprint density at radius 2 is 2.06 bits per heavy atom. The molecule has 4 nitrogen and oxygen atoms in total. The van der Waals surface area contributed by atoms with Gasteiger partial charge in [-0.25, -0.2) is 4.79 Å². The van der Waals surface area contributed by atoms with Crippen molar-refractivity contribution in [3.05, 3.63) is 29.8 Å². The molecule has 2 rings (SSSR count). The van der Waals surface area contributed by atoms with E-state index in [2.05, 4.69) is 11.9 Å². The highest BCUT2D eigenvalue weighted by Gasteiger charge is 2.25. The van der Waals surface area contributed by atoms with Gasteiger partial charge in [0.15, 0.2) is 0 Å². The molecule has 1 aromatic carbocycles. The van der Waals surface area contributed by atoms with E-state index in [1.54, 1.807) is 24.3 Å². The first-order chi connectivity index (χ1) is 8.66. The van der Waals surface area contributed by atoms with Crippen LogP contribution in [0.4, 0.5) is 0 Å². The summed E-state index contributed by atoms with van der Waals surface area (Å²) in [6, 6.07) is 7.32. The molecule has 4 heteroatoms. The van der Waals surface area contributed by atoms with Crippen LogP contribution < -0.4 is 4.74 Å². The first-order valence-corrected chi connectivity index (χ1v) is 6.33. The predicted octanol–water partition coefficient (Wildman–Crippen LogP) is 2.25. The third-order valence-corrected chi connectivity index (χ3v) is 3.20. The van der Waals surface area contributed by atoms with Crippen LogP contribution in [0.5, 0.6) is 5.75 Å². The summed E-state index contributed by atoms with van der Waals surface area (Å²) in [6.07, 6.45) is 3.65. The van der Waals surface area contributed by atoms with Crippen LogP contribution in [0.15, 0.2) is 24.3 Å². The fraction of sp³-hybridized carbons (Fsp3) is 0.500. The molecule has 0 spiro atoms. The molecular weight excluding hydrogens is 230 g/mol. The molecule has 1 aliphatic carbocycles. The van der Waals surface area contributed by atoms with E-state index in [1.165, 1.54) is 12.8 Å². The summed E-state index contributed by atoms with van der Waals surface area (Å²) in [6.45, 7) is 1.72. The molecule has 1 aliphatic rings. The number of carboxylic acids is 1. The van der Waals surface area contributed by atoms with Crippen molar-refractivity contribution in [2.45, 2.75) is 25.3 Å². The van der Waals surface area contributed by atoms with Crippen LogP contribution in [0.2, 0.25) is 0 Å².